The van der Waals surface area contributed by atoms with E-state index < -0.39 is 0 Å². The highest BCUT2D eigenvalue weighted by atomic mass is 32.1. The smallest absolute Gasteiger partial charge is 0.0590 e. The summed E-state index contributed by atoms with van der Waals surface area (Å²) in [6.07, 6.45) is 0. The number of anilines is 2. The van der Waals surface area contributed by atoms with Gasteiger partial charge in [0.15, 0.2) is 0 Å². The minimum absolute atomic E-state index is 1.12. The van der Waals surface area contributed by atoms with Gasteiger partial charge >= 0.3 is 0 Å². The van der Waals surface area contributed by atoms with Crippen LogP contribution in [0.25, 0.3) is 30.9 Å². The summed E-state index contributed by atoms with van der Waals surface area (Å²) < 4.78 is 2.65. The summed E-state index contributed by atoms with van der Waals surface area (Å²) in [5, 5.41) is 8.79. The van der Waals surface area contributed by atoms with Gasteiger partial charge < -0.3 is 5.32 Å². The van der Waals surface area contributed by atoms with Gasteiger partial charge in [0, 0.05) is 21.2 Å². The van der Waals surface area contributed by atoms with E-state index in [0.29, 0.717) is 0 Å². The summed E-state index contributed by atoms with van der Waals surface area (Å²) in [7, 11) is 0. The van der Waals surface area contributed by atoms with Crippen LogP contribution >= 0.6 is 11.3 Å². The lowest BCUT2D eigenvalue weighted by Gasteiger charge is -2.09. The van der Waals surface area contributed by atoms with Crippen LogP contribution in [0.15, 0.2) is 84.9 Å². The Morgan fingerprint density at radius 3 is 2.38 bits per heavy atom. The number of thiophene rings is 1. The minimum Gasteiger partial charge on any atom is -0.354 e. The Balaban J connectivity index is 1.65. The van der Waals surface area contributed by atoms with Crippen LogP contribution in [0.5, 0.6) is 0 Å². The summed E-state index contributed by atoms with van der Waals surface area (Å²) in [6.45, 7) is 0. The standard InChI is InChI=1S/C22H15NS/c1-2-7-16-14-17(13-12-15(16)6-1)23-20-10-5-9-19-18-8-3-4-11-21(18)24-22(19)20/h1-14,23H. The Kier molecular flexibility index (Phi) is 3.03. The van der Waals surface area contributed by atoms with E-state index in [1.165, 1.54) is 36.6 Å². The molecule has 0 saturated heterocycles. The van der Waals surface area contributed by atoms with E-state index in [4.69, 9.17) is 0 Å². The van der Waals surface area contributed by atoms with Gasteiger partial charge in [0.25, 0.3) is 0 Å². The molecule has 114 valence electrons. The Bertz CT molecular complexity index is 1190. The first-order valence-corrected chi connectivity index (χ1v) is 8.86. The predicted molar refractivity (Wildman–Crippen MR) is 107 cm³/mol. The van der Waals surface area contributed by atoms with Gasteiger partial charge in [-0.1, -0.05) is 60.7 Å². The molecule has 0 unspecified atom stereocenters. The van der Waals surface area contributed by atoms with Crippen molar-refractivity contribution >= 4 is 53.7 Å². The van der Waals surface area contributed by atoms with Crippen molar-refractivity contribution in [3.8, 4) is 0 Å². The molecule has 1 aromatic heterocycles. The molecule has 24 heavy (non-hydrogen) atoms. The molecule has 5 rings (SSSR count). The van der Waals surface area contributed by atoms with Crippen LogP contribution in [0.2, 0.25) is 0 Å². The molecule has 5 aromatic rings. The highest BCUT2D eigenvalue weighted by molar-refractivity contribution is 7.26. The van der Waals surface area contributed by atoms with Gasteiger partial charge in [-0.25, -0.2) is 0 Å². The highest BCUT2D eigenvalue weighted by Crippen LogP contribution is 2.39. The van der Waals surface area contributed by atoms with Gasteiger partial charge in [-0.3, -0.25) is 0 Å². The van der Waals surface area contributed by atoms with Crippen LogP contribution in [0.1, 0.15) is 0 Å². The molecule has 2 heteroatoms. The molecular formula is C22H15NS. The van der Waals surface area contributed by atoms with E-state index in [1.54, 1.807) is 0 Å². The maximum absolute atomic E-state index is 3.61. The van der Waals surface area contributed by atoms with Crippen molar-refractivity contribution in [1.29, 1.82) is 0 Å². The average molecular weight is 325 g/mol. The molecule has 1 N–H and O–H groups in total. The van der Waals surface area contributed by atoms with Crippen molar-refractivity contribution in [1.82, 2.24) is 0 Å². The van der Waals surface area contributed by atoms with Crippen LogP contribution in [0.4, 0.5) is 11.4 Å². The van der Waals surface area contributed by atoms with E-state index in [1.807, 2.05) is 11.3 Å². The molecule has 0 bridgehead atoms. The quantitative estimate of drug-likeness (QED) is 0.370. The third-order valence-corrected chi connectivity index (χ3v) is 5.65. The summed E-state index contributed by atoms with van der Waals surface area (Å²) in [5.74, 6) is 0. The number of fused-ring (bicyclic) bond motifs is 4. The van der Waals surface area contributed by atoms with Crippen molar-refractivity contribution in [3.63, 3.8) is 0 Å². The third-order valence-electron chi connectivity index (χ3n) is 4.43. The molecule has 0 aliphatic heterocycles. The number of benzene rings is 4. The van der Waals surface area contributed by atoms with Gasteiger partial charge in [0.1, 0.15) is 0 Å². The molecule has 0 amide bonds. The lowest BCUT2D eigenvalue weighted by atomic mass is 10.1. The number of rotatable bonds is 2. The molecule has 0 atom stereocenters. The zero-order valence-corrected chi connectivity index (χ0v) is 13.8. The fraction of sp³-hybridized carbons (Fsp3) is 0. The van der Waals surface area contributed by atoms with Gasteiger partial charge in [-0.05, 0) is 35.0 Å². The summed E-state index contributed by atoms with van der Waals surface area (Å²) in [5.41, 5.74) is 2.29. The Morgan fingerprint density at radius 1 is 0.625 bits per heavy atom. The molecular weight excluding hydrogens is 310 g/mol. The maximum Gasteiger partial charge on any atom is 0.0590 e. The monoisotopic (exact) mass is 325 g/mol. The first-order valence-electron chi connectivity index (χ1n) is 8.04. The fourth-order valence-electron chi connectivity index (χ4n) is 3.27. The molecule has 0 fully saturated rings. The zero-order valence-electron chi connectivity index (χ0n) is 13.0. The van der Waals surface area contributed by atoms with Crippen LogP contribution in [-0.4, -0.2) is 0 Å². The second-order valence-corrected chi connectivity index (χ2v) is 7.02. The van der Waals surface area contributed by atoms with Crippen LogP contribution in [-0.2, 0) is 0 Å². The molecule has 0 saturated carbocycles. The highest BCUT2D eigenvalue weighted by Gasteiger charge is 2.08. The van der Waals surface area contributed by atoms with Crippen LogP contribution in [0, 0.1) is 0 Å². The first-order chi connectivity index (χ1) is 11.9. The lowest BCUT2D eigenvalue weighted by molar-refractivity contribution is 1.61. The van der Waals surface area contributed by atoms with Gasteiger partial charge in [0.05, 0.1) is 10.4 Å². The van der Waals surface area contributed by atoms with E-state index >= 15 is 0 Å². The second-order valence-electron chi connectivity index (χ2n) is 5.97. The maximum atomic E-state index is 3.61. The molecule has 1 heterocycles. The molecule has 4 aromatic carbocycles. The van der Waals surface area contributed by atoms with Crippen molar-refractivity contribution < 1.29 is 0 Å². The minimum atomic E-state index is 1.12. The van der Waals surface area contributed by atoms with Crippen LogP contribution < -0.4 is 5.32 Å². The first kappa shape index (κ1) is 13.6. The van der Waals surface area contributed by atoms with E-state index in [9.17, 15) is 0 Å². The molecule has 0 radical (unpaired) electrons. The van der Waals surface area contributed by atoms with Crippen molar-refractivity contribution in [2.45, 2.75) is 0 Å². The van der Waals surface area contributed by atoms with Crippen molar-refractivity contribution in [3.05, 3.63) is 84.9 Å². The predicted octanol–water partition coefficient (Wildman–Crippen LogP) is 6.95. The summed E-state index contributed by atoms with van der Waals surface area (Å²) in [6, 6.07) is 30.1. The Hall–Kier alpha value is -2.84. The zero-order chi connectivity index (χ0) is 15.9. The Labute approximate surface area is 144 Å². The third kappa shape index (κ3) is 2.15. The van der Waals surface area contributed by atoms with Crippen molar-refractivity contribution in [2.75, 3.05) is 5.32 Å². The van der Waals surface area contributed by atoms with E-state index in [-0.39, 0.29) is 0 Å². The topological polar surface area (TPSA) is 12.0 Å². The van der Waals surface area contributed by atoms with Crippen molar-refractivity contribution in [2.24, 2.45) is 0 Å². The molecule has 0 aliphatic carbocycles. The van der Waals surface area contributed by atoms with Crippen LogP contribution in [0.3, 0.4) is 0 Å². The second kappa shape index (κ2) is 5.36. The van der Waals surface area contributed by atoms with Gasteiger partial charge in [-0.15, -0.1) is 11.3 Å². The molecule has 0 aliphatic rings. The number of hydrogen-bond acceptors (Lipinski definition) is 2. The lowest BCUT2D eigenvalue weighted by Crippen LogP contribution is -1.90. The van der Waals surface area contributed by atoms with Gasteiger partial charge in [0.2, 0.25) is 0 Å². The Morgan fingerprint density at radius 2 is 1.42 bits per heavy atom. The van der Waals surface area contributed by atoms with E-state index in [2.05, 4.69) is 90.2 Å². The summed E-state index contributed by atoms with van der Waals surface area (Å²) in [4.78, 5) is 0. The number of nitrogens with one attached hydrogen (secondary N) is 1. The molecule has 0 spiro atoms. The molecule has 1 nitrogen and oxygen atoms in total. The average Bonchev–Trinajstić information content (AvgIpc) is 3.02. The van der Waals surface area contributed by atoms with E-state index in [0.717, 1.165) is 5.69 Å². The largest absolute Gasteiger partial charge is 0.354 e. The number of hydrogen-bond donors (Lipinski definition) is 1. The normalized spacial score (nSPS) is 11.3. The SMILES string of the molecule is c1ccc2cc(Nc3cccc4c3sc3ccccc34)ccc2c1. The van der Waals surface area contributed by atoms with Gasteiger partial charge in [-0.2, -0.15) is 0 Å². The summed E-state index contributed by atoms with van der Waals surface area (Å²) >= 11 is 1.85. The fourth-order valence-corrected chi connectivity index (χ4v) is 4.44.